The highest BCUT2D eigenvalue weighted by molar-refractivity contribution is 5.85. The second-order valence-corrected chi connectivity index (χ2v) is 9.37. The van der Waals surface area contributed by atoms with Crippen molar-refractivity contribution < 1.29 is 27.0 Å². The molecule has 6 rings (SSSR count). The van der Waals surface area contributed by atoms with E-state index in [1.54, 1.807) is 7.11 Å². The molecular formula is C28H24F4N2O2. The molecule has 2 aliphatic heterocycles. The lowest BCUT2D eigenvalue weighted by atomic mass is 9.85. The second-order valence-electron chi connectivity index (χ2n) is 9.37. The SMILES string of the molecule is COc1cc2c(cc1OCc1ccc(C(F)(F)F)c(F)c1)CCN1Cc3[nH]c4ccccc4c3CC21. The van der Waals surface area contributed by atoms with Crippen LogP contribution in [0.5, 0.6) is 11.5 Å². The van der Waals surface area contributed by atoms with Crippen molar-refractivity contribution >= 4 is 10.9 Å². The fourth-order valence-electron chi connectivity index (χ4n) is 5.52. The van der Waals surface area contributed by atoms with Crippen LogP contribution < -0.4 is 9.47 Å². The summed E-state index contributed by atoms with van der Waals surface area (Å²) in [5, 5.41) is 1.26. The third-order valence-corrected chi connectivity index (χ3v) is 7.29. The average Bonchev–Trinajstić information content (AvgIpc) is 3.22. The summed E-state index contributed by atoms with van der Waals surface area (Å²) < 4.78 is 64.1. The minimum Gasteiger partial charge on any atom is -0.493 e. The Balaban J connectivity index is 1.27. The molecular weight excluding hydrogens is 472 g/mol. The Kier molecular flexibility index (Phi) is 5.44. The molecule has 0 spiro atoms. The molecule has 1 atom stereocenters. The van der Waals surface area contributed by atoms with E-state index in [2.05, 4.69) is 28.1 Å². The van der Waals surface area contributed by atoms with Gasteiger partial charge in [-0.2, -0.15) is 13.2 Å². The number of ether oxygens (including phenoxy) is 2. The Morgan fingerprint density at radius 2 is 1.89 bits per heavy atom. The molecule has 36 heavy (non-hydrogen) atoms. The van der Waals surface area contributed by atoms with E-state index in [0.29, 0.717) is 17.1 Å². The molecule has 0 aliphatic carbocycles. The molecule has 3 heterocycles. The predicted molar refractivity (Wildman–Crippen MR) is 128 cm³/mol. The maximum Gasteiger partial charge on any atom is 0.419 e. The number of para-hydroxylation sites is 1. The Hall–Kier alpha value is -3.52. The highest BCUT2D eigenvalue weighted by Crippen LogP contribution is 2.44. The van der Waals surface area contributed by atoms with Gasteiger partial charge >= 0.3 is 6.18 Å². The van der Waals surface area contributed by atoms with Crippen LogP contribution in [0, 0.1) is 5.82 Å². The van der Waals surface area contributed by atoms with E-state index in [4.69, 9.17) is 9.47 Å². The number of aromatic amines is 1. The number of aromatic nitrogens is 1. The summed E-state index contributed by atoms with van der Waals surface area (Å²) in [5.41, 5.74) is 5.16. The molecule has 0 radical (unpaired) electrons. The van der Waals surface area contributed by atoms with Crippen molar-refractivity contribution in [3.05, 3.63) is 93.9 Å². The number of halogens is 4. The van der Waals surface area contributed by atoms with Gasteiger partial charge in [-0.05, 0) is 65.4 Å². The van der Waals surface area contributed by atoms with Gasteiger partial charge in [0.2, 0.25) is 0 Å². The summed E-state index contributed by atoms with van der Waals surface area (Å²) in [4.78, 5) is 6.05. The van der Waals surface area contributed by atoms with Crippen LogP contribution in [0.25, 0.3) is 10.9 Å². The average molecular weight is 497 g/mol. The van der Waals surface area contributed by atoms with E-state index in [9.17, 15) is 17.6 Å². The number of benzene rings is 3. The minimum absolute atomic E-state index is 0.0710. The molecule has 0 bridgehead atoms. The summed E-state index contributed by atoms with van der Waals surface area (Å²) in [6.07, 6.45) is -3.00. The molecule has 8 heteroatoms. The van der Waals surface area contributed by atoms with Crippen molar-refractivity contribution in [1.82, 2.24) is 9.88 Å². The number of nitrogens with zero attached hydrogens (tertiary/aromatic N) is 1. The fraction of sp³-hybridized carbons (Fsp3) is 0.286. The smallest absolute Gasteiger partial charge is 0.419 e. The van der Waals surface area contributed by atoms with Gasteiger partial charge in [0.05, 0.1) is 12.7 Å². The van der Waals surface area contributed by atoms with Gasteiger partial charge in [0.25, 0.3) is 0 Å². The lowest BCUT2D eigenvalue weighted by Gasteiger charge is -2.40. The van der Waals surface area contributed by atoms with E-state index in [0.717, 1.165) is 49.1 Å². The van der Waals surface area contributed by atoms with Gasteiger partial charge in [-0.3, -0.25) is 4.90 Å². The van der Waals surface area contributed by atoms with E-state index in [-0.39, 0.29) is 12.6 Å². The molecule has 0 amide bonds. The van der Waals surface area contributed by atoms with Crippen LogP contribution in [-0.4, -0.2) is 23.5 Å². The van der Waals surface area contributed by atoms with E-state index in [1.165, 1.54) is 28.3 Å². The van der Waals surface area contributed by atoms with Crippen LogP contribution in [-0.2, 0) is 32.2 Å². The molecule has 186 valence electrons. The number of rotatable bonds is 4. The van der Waals surface area contributed by atoms with Crippen LogP contribution in [0.4, 0.5) is 17.6 Å². The molecule has 3 aromatic carbocycles. The van der Waals surface area contributed by atoms with Crippen molar-refractivity contribution in [2.75, 3.05) is 13.7 Å². The monoisotopic (exact) mass is 496 g/mol. The topological polar surface area (TPSA) is 37.5 Å². The van der Waals surface area contributed by atoms with Gasteiger partial charge in [-0.1, -0.05) is 24.3 Å². The molecule has 0 fully saturated rings. The Morgan fingerprint density at radius 1 is 1.06 bits per heavy atom. The first-order valence-corrected chi connectivity index (χ1v) is 11.8. The van der Waals surface area contributed by atoms with Gasteiger partial charge in [0, 0.05) is 35.7 Å². The van der Waals surface area contributed by atoms with Crippen molar-refractivity contribution in [2.45, 2.75) is 38.2 Å². The quantitative estimate of drug-likeness (QED) is 0.325. The summed E-state index contributed by atoms with van der Waals surface area (Å²) >= 11 is 0. The number of hydrogen-bond donors (Lipinski definition) is 1. The third kappa shape index (κ3) is 3.89. The van der Waals surface area contributed by atoms with Crippen molar-refractivity contribution in [2.24, 2.45) is 0 Å². The number of fused-ring (bicyclic) bond motifs is 6. The molecule has 1 unspecified atom stereocenters. The fourth-order valence-corrected chi connectivity index (χ4v) is 5.52. The maximum absolute atomic E-state index is 14.0. The number of alkyl halides is 3. The van der Waals surface area contributed by atoms with Crippen molar-refractivity contribution in [3.63, 3.8) is 0 Å². The molecule has 4 nitrogen and oxygen atoms in total. The van der Waals surface area contributed by atoms with Crippen LogP contribution in [0.15, 0.2) is 54.6 Å². The largest absolute Gasteiger partial charge is 0.493 e. The molecule has 1 aromatic heterocycles. The maximum atomic E-state index is 14.0. The zero-order valence-electron chi connectivity index (χ0n) is 19.6. The summed E-state index contributed by atoms with van der Waals surface area (Å²) in [7, 11) is 1.56. The van der Waals surface area contributed by atoms with Crippen molar-refractivity contribution in [3.8, 4) is 11.5 Å². The summed E-state index contributed by atoms with van der Waals surface area (Å²) in [5.74, 6) is -0.267. The Morgan fingerprint density at radius 3 is 2.67 bits per heavy atom. The lowest BCUT2D eigenvalue weighted by molar-refractivity contribution is -0.140. The van der Waals surface area contributed by atoms with Crippen molar-refractivity contribution in [1.29, 1.82) is 0 Å². The first-order valence-electron chi connectivity index (χ1n) is 11.8. The first kappa shape index (κ1) is 22.9. The van der Waals surface area contributed by atoms with Gasteiger partial charge in [-0.25, -0.2) is 4.39 Å². The van der Waals surface area contributed by atoms with Gasteiger partial charge in [0.1, 0.15) is 12.4 Å². The zero-order chi connectivity index (χ0) is 25.0. The number of H-pyrrole nitrogens is 1. The van der Waals surface area contributed by atoms with Crippen LogP contribution >= 0.6 is 0 Å². The third-order valence-electron chi connectivity index (χ3n) is 7.29. The normalized spacial score (nSPS) is 17.4. The second kappa shape index (κ2) is 8.55. The highest BCUT2D eigenvalue weighted by Gasteiger charge is 2.35. The molecule has 0 saturated heterocycles. The van der Waals surface area contributed by atoms with Gasteiger partial charge < -0.3 is 14.5 Å². The molecule has 0 saturated carbocycles. The standard InChI is InChI=1S/C28H24F4N2O2/c1-35-26-13-19-17(11-27(26)36-15-16-6-7-21(22(29)10-16)28(30,31)32)8-9-34-14-24-20(12-25(19)34)18-4-2-3-5-23(18)33-24/h2-7,10-11,13,25,33H,8-9,12,14-15H2,1H3. The summed E-state index contributed by atoms with van der Waals surface area (Å²) in [6, 6.07) is 15.4. The van der Waals surface area contributed by atoms with Crippen LogP contribution in [0.3, 0.4) is 0 Å². The molecule has 1 N–H and O–H groups in total. The highest BCUT2D eigenvalue weighted by atomic mass is 19.4. The first-order chi connectivity index (χ1) is 17.3. The number of nitrogens with one attached hydrogen (secondary N) is 1. The minimum atomic E-state index is -4.73. The number of hydrogen-bond acceptors (Lipinski definition) is 3. The summed E-state index contributed by atoms with van der Waals surface area (Å²) in [6.45, 7) is 1.69. The van der Waals surface area contributed by atoms with E-state index < -0.39 is 17.6 Å². The van der Waals surface area contributed by atoms with E-state index in [1.807, 2.05) is 18.2 Å². The van der Waals surface area contributed by atoms with E-state index >= 15 is 0 Å². The van der Waals surface area contributed by atoms with Crippen LogP contribution in [0.2, 0.25) is 0 Å². The molecule has 4 aromatic rings. The zero-order valence-corrected chi connectivity index (χ0v) is 19.6. The van der Waals surface area contributed by atoms with Crippen LogP contribution in [0.1, 0.15) is 39.6 Å². The van der Waals surface area contributed by atoms with Gasteiger partial charge in [-0.15, -0.1) is 0 Å². The Labute approximate surface area is 205 Å². The predicted octanol–water partition coefficient (Wildman–Crippen LogP) is 6.57. The lowest BCUT2D eigenvalue weighted by Crippen LogP contribution is -2.39. The Bertz CT molecular complexity index is 1460. The van der Waals surface area contributed by atoms with Gasteiger partial charge in [0.15, 0.2) is 11.5 Å². The molecule has 2 aliphatic rings. The number of methoxy groups -OCH3 is 1.